The normalized spacial score (nSPS) is 12.3. The molecular weight excluding hydrogens is 310 g/mol. The molecule has 0 rings (SSSR count). The number of nitrogens with zero attached hydrogens (tertiary/aromatic N) is 3. The highest BCUT2D eigenvalue weighted by Crippen LogP contribution is 2.26. The van der Waals surface area contributed by atoms with Crippen LogP contribution in [0.1, 0.15) is 20.8 Å². The van der Waals surface area contributed by atoms with Crippen LogP contribution >= 0.6 is 0 Å². The fourth-order valence-corrected chi connectivity index (χ4v) is 16.0. The van der Waals surface area contributed by atoms with Gasteiger partial charge < -0.3 is 10.4 Å². The molecule has 1 amide bonds. The maximum atomic E-state index is 12.8. The molecule has 0 heterocycles. The molecule has 0 aromatic heterocycles. The Labute approximate surface area is 136 Å². The average molecular weight is 342 g/mol. The lowest BCUT2D eigenvalue weighted by Gasteiger charge is -2.46. The molecule has 0 spiro atoms. The van der Waals surface area contributed by atoms with Gasteiger partial charge in [-0.3, -0.25) is 9.59 Å². The predicted octanol–water partition coefficient (Wildman–Crippen LogP) is 2.85. The van der Waals surface area contributed by atoms with Crippen molar-refractivity contribution in [1.29, 1.82) is 0 Å². The number of carbonyl (C=O) groups is 2. The van der Waals surface area contributed by atoms with Crippen molar-refractivity contribution in [3.05, 3.63) is 5.53 Å². The van der Waals surface area contributed by atoms with E-state index in [1.54, 1.807) is 0 Å². The van der Waals surface area contributed by atoms with E-state index >= 15 is 0 Å². The zero-order valence-corrected chi connectivity index (χ0v) is 17.5. The lowest BCUT2D eigenvalue weighted by Crippen LogP contribution is -2.66. The minimum absolute atomic E-state index is 0.172. The lowest BCUT2D eigenvalue weighted by atomic mass is 10.2. The van der Waals surface area contributed by atoms with Crippen LogP contribution in [0.4, 0.5) is 0 Å². The molecule has 0 aromatic rings. The Balaban J connectivity index is 6.04. The van der Waals surface area contributed by atoms with E-state index in [1.165, 1.54) is 6.92 Å². The maximum Gasteiger partial charge on any atom is 0.421 e. The molecule has 0 aliphatic rings. The van der Waals surface area contributed by atoms with Crippen LogP contribution in [0.3, 0.4) is 0 Å². The summed E-state index contributed by atoms with van der Waals surface area (Å²) in [4.78, 5) is 29.2. The number of hydrogen-bond donors (Lipinski definition) is 0. The summed E-state index contributed by atoms with van der Waals surface area (Å²) < 4.78 is 0. The second-order valence-corrected chi connectivity index (χ2v) is 19.6. The van der Waals surface area contributed by atoms with E-state index in [2.05, 4.69) is 57.9 Å². The first-order valence-corrected chi connectivity index (χ1v) is 14.9. The van der Waals surface area contributed by atoms with Gasteiger partial charge in [0.15, 0.2) is 0 Å². The smallest absolute Gasteiger partial charge is 0.360 e. The third-order valence-electron chi connectivity index (χ3n) is 3.41. The average Bonchev–Trinajstić information content (AvgIpc) is 2.23. The van der Waals surface area contributed by atoms with Crippen LogP contribution in [0.25, 0.3) is 5.53 Å². The number of hydrogen-bond acceptors (Lipinski definition) is 2. The molecule has 0 saturated heterocycles. The number of ketones is 1. The van der Waals surface area contributed by atoms with Gasteiger partial charge in [0.05, 0.1) is 16.1 Å². The van der Waals surface area contributed by atoms with Crippen molar-refractivity contribution in [1.82, 2.24) is 4.90 Å². The first kappa shape index (κ1) is 21.0. The number of rotatable bonds is 7. The van der Waals surface area contributed by atoms with Gasteiger partial charge in [0.25, 0.3) is 0 Å². The zero-order valence-electron chi connectivity index (χ0n) is 15.5. The molecule has 0 fully saturated rings. The summed E-state index contributed by atoms with van der Waals surface area (Å²) in [6, 6.07) is 0. The van der Waals surface area contributed by atoms with Crippen LogP contribution in [0.2, 0.25) is 39.3 Å². The van der Waals surface area contributed by atoms with E-state index in [0.29, 0.717) is 6.54 Å². The van der Waals surface area contributed by atoms with Gasteiger partial charge in [-0.1, -0.05) is 53.1 Å². The zero-order chi connectivity index (χ0) is 17.9. The molecule has 0 N–H and O–H groups in total. The second-order valence-electron chi connectivity index (χ2n) is 8.49. The van der Waals surface area contributed by atoms with Gasteiger partial charge in [0.1, 0.15) is 0 Å². The quantitative estimate of drug-likeness (QED) is 0.235. The molecular formula is C15H31N3O2Si2. The summed E-state index contributed by atoms with van der Waals surface area (Å²) in [5.41, 5.74) is 8.72. The van der Waals surface area contributed by atoms with Crippen LogP contribution in [0.5, 0.6) is 0 Å². The van der Waals surface area contributed by atoms with Crippen molar-refractivity contribution >= 4 is 33.5 Å². The first-order valence-electron chi connectivity index (χ1n) is 7.77. The number of Topliss-reactive ketones (excluding diaryl/α,β-unsaturated/α-hetero) is 1. The van der Waals surface area contributed by atoms with Gasteiger partial charge in [0.2, 0.25) is 5.78 Å². The molecule has 0 bridgehead atoms. The Bertz CT molecular complexity index is 470. The fourth-order valence-electron chi connectivity index (χ4n) is 3.33. The summed E-state index contributed by atoms with van der Waals surface area (Å²) >= 11 is 0. The van der Waals surface area contributed by atoms with E-state index < -0.39 is 27.8 Å². The third-order valence-corrected chi connectivity index (χ3v) is 12.5. The third kappa shape index (κ3) is 5.63. The van der Waals surface area contributed by atoms with E-state index in [-0.39, 0.29) is 16.9 Å². The Hall–Kier alpha value is -1.05. The van der Waals surface area contributed by atoms with Crippen molar-refractivity contribution in [3.8, 4) is 0 Å². The highest BCUT2D eigenvalue weighted by Gasteiger charge is 2.46. The van der Waals surface area contributed by atoms with Gasteiger partial charge in [-0.2, -0.15) is 4.79 Å². The van der Waals surface area contributed by atoms with E-state index in [4.69, 9.17) is 5.53 Å². The van der Waals surface area contributed by atoms with Crippen LogP contribution in [0.15, 0.2) is 0 Å². The maximum absolute atomic E-state index is 12.8. The fraction of sp³-hybridized carbons (Fsp3) is 0.800. The van der Waals surface area contributed by atoms with E-state index in [1.807, 2.05) is 4.90 Å². The van der Waals surface area contributed by atoms with Gasteiger partial charge in [-0.25, -0.2) is 0 Å². The Morgan fingerprint density at radius 1 is 1.05 bits per heavy atom. The second kappa shape index (κ2) is 7.48. The standard InChI is InChI=1S/C15H31N3O2Si2/c1-11(2)10-18(14(20)13(17-16)12(3)19)15(21(4,5)6)22(7,8)9/h11,15H,10H2,1-9H3. The molecule has 0 aliphatic heterocycles. The van der Waals surface area contributed by atoms with Crippen LogP contribution < -0.4 is 0 Å². The molecule has 0 unspecified atom stereocenters. The summed E-state index contributed by atoms with van der Waals surface area (Å²) in [6.45, 7) is 19.4. The first-order chi connectivity index (χ1) is 9.73. The molecule has 5 nitrogen and oxygen atoms in total. The minimum Gasteiger partial charge on any atom is -0.360 e. The van der Waals surface area contributed by atoms with Crippen LogP contribution in [-0.4, -0.2) is 55.1 Å². The molecule has 0 radical (unpaired) electrons. The molecule has 0 atom stereocenters. The van der Waals surface area contributed by atoms with Crippen LogP contribution in [-0.2, 0) is 9.59 Å². The Morgan fingerprint density at radius 3 is 1.68 bits per heavy atom. The lowest BCUT2D eigenvalue weighted by molar-refractivity contribution is -0.132. The molecule has 0 saturated carbocycles. The summed E-state index contributed by atoms with van der Waals surface area (Å²) in [7, 11) is -3.38. The molecule has 0 aromatic carbocycles. The van der Waals surface area contributed by atoms with Crippen molar-refractivity contribution in [2.75, 3.05) is 6.54 Å². The Kier molecular flexibility index (Phi) is 7.13. The van der Waals surface area contributed by atoms with Crippen molar-refractivity contribution < 1.29 is 14.4 Å². The van der Waals surface area contributed by atoms with Gasteiger partial charge in [-0.15, -0.1) is 0 Å². The van der Waals surface area contributed by atoms with Crippen molar-refractivity contribution in [2.24, 2.45) is 5.92 Å². The van der Waals surface area contributed by atoms with Crippen molar-refractivity contribution in [2.45, 2.75) is 65.3 Å². The molecule has 7 heteroatoms. The number of carbonyl (C=O) groups excluding carboxylic acids is 2. The monoisotopic (exact) mass is 341 g/mol. The van der Waals surface area contributed by atoms with E-state index in [9.17, 15) is 9.59 Å². The SMILES string of the molecule is CC(=O)C(=[N+]=[N-])C(=O)N(CC(C)C)C([Si](C)(C)C)[Si](C)(C)C. The van der Waals surface area contributed by atoms with Crippen LogP contribution in [0, 0.1) is 5.92 Å². The number of amides is 1. The molecule has 126 valence electrons. The largest absolute Gasteiger partial charge is 0.421 e. The van der Waals surface area contributed by atoms with E-state index in [0.717, 1.165) is 0 Å². The topological polar surface area (TPSA) is 73.8 Å². The highest BCUT2D eigenvalue weighted by molar-refractivity contribution is 6.96. The highest BCUT2D eigenvalue weighted by atomic mass is 28.4. The van der Waals surface area contributed by atoms with Gasteiger partial charge in [0, 0.05) is 18.8 Å². The minimum atomic E-state index is -1.69. The van der Waals surface area contributed by atoms with Gasteiger partial charge in [-0.05, 0) is 5.92 Å². The predicted molar refractivity (Wildman–Crippen MR) is 96.3 cm³/mol. The summed E-state index contributed by atoms with van der Waals surface area (Å²) in [5.74, 6) is -0.643. The summed E-state index contributed by atoms with van der Waals surface area (Å²) in [5, 5.41) is 0.172. The Morgan fingerprint density at radius 2 is 1.45 bits per heavy atom. The molecule has 0 aliphatic carbocycles. The van der Waals surface area contributed by atoms with Crippen molar-refractivity contribution in [3.63, 3.8) is 0 Å². The summed E-state index contributed by atoms with van der Waals surface area (Å²) in [6.07, 6.45) is 0. The van der Waals surface area contributed by atoms with Gasteiger partial charge >= 0.3 is 11.6 Å². The molecule has 22 heavy (non-hydrogen) atoms.